The molecule has 0 aliphatic heterocycles. The third kappa shape index (κ3) is 2.29. The van der Waals surface area contributed by atoms with Crippen molar-refractivity contribution in [2.45, 2.75) is 7.43 Å². The lowest BCUT2D eigenvalue weighted by Crippen LogP contribution is -1.79. The quantitative estimate of drug-likeness (QED) is 0.367. The average Bonchev–Trinajstić information content (AvgIpc) is 1.94. The van der Waals surface area contributed by atoms with Gasteiger partial charge in [0.1, 0.15) is 5.75 Å². The molecule has 0 saturated heterocycles. The predicted molar refractivity (Wildman–Crippen MR) is 44.2 cm³/mol. The molecule has 0 aliphatic rings. The van der Waals surface area contributed by atoms with Crippen LogP contribution >= 0.6 is 0 Å². The monoisotopic (exact) mass is 153 g/mol. The molecular weight excluding hydrogens is 142 g/mol. The first-order chi connectivity index (χ1) is 4.84. The standard InChI is InChI=1S/C7H7NO2.CH4/c9-7-4-2-1-3-6(7)5-8-10;/h1-5,9-10H;1H4/b8-5+;. The molecule has 1 aromatic rings. The second-order valence-corrected chi connectivity index (χ2v) is 1.80. The van der Waals surface area contributed by atoms with Crippen LogP contribution in [0, 0.1) is 0 Å². The Bertz CT molecular complexity index is 246. The molecule has 0 radical (unpaired) electrons. The lowest BCUT2D eigenvalue weighted by Gasteiger charge is -1.93. The highest BCUT2D eigenvalue weighted by Crippen LogP contribution is 2.12. The molecule has 0 atom stereocenters. The summed E-state index contributed by atoms with van der Waals surface area (Å²) >= 11 is 0. The Morgan fingerprint density at radius 1 is 1.27 bits per heavy atom. The molecule has 2 N–H and O–H groups in total. The maximum atomic E-state index is 9.04. The number of phenols is 1. The molecule has 0 bridgehead atoms. The molecule has 60 valence electrons. The van der Waals surface area contributed by atoms with Crippen LogP contribution in [0.5, 0.6) is 5.75 Å². The second-order valence-electron chi connectivity index (χ2n) is 1.80. The number of rotatable bonds is 1. The van der Waals surface area contributed by atoms with Crippen LogP contribution in [-0.4, -0.2) is 16.5 Å². The van der Waals surface area contributed by atoms with Crippen LogP contribution in [0.4, 0.5) is 0 Å². The largest absolute Gasteiger partial charge is 0.507 e. The number of para-hydroxylation sites is 1. The van der Waals surface area contributed by atoms with Crippen molar-refractivity contribution < 1.29 is 10.3 Å². The van der Waals surface area contributed by atoms with Crippen molar-refractivity contribution in [1.82, 2.24) is 0 Å². The summed E-state index contributed by atoms with van der Waals surface area (Å²) < 4.78 is 0. The van der Waals surface area contributed by atoms with Gasteiger partial charge in [0.05, 0.1) is 6.21 Å². The van der Waals surface area contributed by atoms with Crippen molar-refractivity contribution in [1.29, 1.82) is 0 Å². The van der Waals surface area contributed by atoms with E-state index in [0.29, 0.717) is 5.56 Å². The first-order valence-corrected chi connectivity index (χ1v) is 2.80. The molecule has 0 saturated carbocycles. The Labute approximate surface area is 65.6 Å². The van der Waals surface area contributed by atoms with Crippen molar-refractivity contribution in [2.24, 2.45) is 5.16 Å². The van der Waals surface area contributed by atoms with Crippen LogP contribution in [0.3, 0.4) is 0 Å². The Morgan fingerprint density at radius 3 is 2.45 bits per heavy atom. The molecule has 0 spiro atoms. The zero-order valence-corrected chi connectivity index (χ0v) is 5.23. The van der Waals surface area contributed by atoms with Crippen molar-refractivity contribution in [3.8, 4) is 5.75 Å². The van der Waals surface area contributed by atoms with Crippen molar-refractivity contribution in [2.75, 3.05) is 0 Å². The zero-order chi connectivity index (χ0) is 7.40. The molecular formula is C8H11NO2. The molecule has 0 unspecified atom stereocenters. The number of benzene rings is 1. The molecule has 1 rings (SSSR count). The highest BCUT2D eigenvalue weighted by Gasteiger charge is 1.92. The summed E-state index contributed by atoms with van der Waals surface area (Å²) in [6.07, 6.45) is 1.18. The average molecular weight is 153 g/mol. The van der Waals surface area contributed by atoms with Crippen LogP contribution < -0.4 is 0 Å². The number of aromatic hydroxyl groups is 1. The highest BCUT2D eigenvalue weighted by atomic mass is 16.4. The Balaban J connectivity index is 0.000001000. The Kier molecular flexibility index (Phi) is 3.73. The Hall–Kier alpha value is -1.51. The maximum absolute atomic E-state index is 9.04. The third-order valence-corrected chi connectivity index (χ3v) is 1.13. The number of hydrogen-bond donors (Lipinski definition) is 2. The van der Waals surface area contributed by atoms with Crippen LogP contribution in [0.15, 0.2) is 29.4 Å². The van der Waals surface area contributed by atoms with E-state index in [1.165, 1.54) is 12.3 Å². The number of nitrogens with zero attached hydrogens (tertiary/aromatic N) is 1. The molecule has 0 fully saturated rings. The topological polar surface area (TPSA) is 52.8 Å². The van der Waals surface area contributed by atoms with Gasteiger partial charge in [-0.25, -0.2) is 0 Å². The lowest BCUT2D eigenvalue weighted by atomic mass is 10.2. The minimum absolute atomic E-state index is 0. The van der Waals surface area contributed by atoms with Crippen molar-refractivity contribution >= 4 is 6.21 Å². The van der Waals surface area contributed by atoms with Crippen molar-refractivity contribution in [3.05, 3.63) is 29.8 Å². The van der Waals surface area contributed by atoms with Gasteiger partial charge in [0.2, 0.25) is 0 Å². The van der Waals surface area contributed by atoms with Gasteiger partial charge in [-0.1, -0.05) is 24.7 Å². The fraction of sp³-hybridized carbons (Fsp3) is 0.125. The molecule has 3 nitrogen and oxygen atoms in total. The van der Waals surface area contributed by atoms with E-state index in [9.17, 15) is 0 Å². The van der Waals surface area contributed by atoms with Crippen LogP contribution in [0.1, 0.15) is 13.0 Å². The van der Waals surface area contributed by atoms with Crippen LogP contribution in [-0.2, 0) is 0 Å². The maximum Gasteiger partial charge on any atom is 0.124 e. The smallest absolute Gasteiger partial charge is 0.124 e. The van der Waals surface area contributed by atoms with E-state index in [2.05, 4.69) is 5.16 Å². The van der Waals surface area contributed by atoms with E-state index < -0.39 is 0 Å². The highest BCUT2D eigenvalue weighted by molar-refractivity contribution is 5.82. The number of hydrogen-bond acceptors (Lipinski definition) is 3. The lowest BCUT2D eigenvalue weighted by molar-refractivity contribution is 0.321. The molecule has 1 aromatic carbocycles. The van der Waals surface area contributed by atoms with Gasteiger partial charge >= 0.3 is 0 Å². The van der Waals surface area contributed by atoms with Gasteiger partial charge in [-0.2, -0.15) is 0 Å². The van der Waals surface area contributed by atoms with Gasteiger partial charge in [-0.15, -0.1) is 0 Å². The van der Waals surface area contributed by atoms with Gasteiger partial charge < -0.3 is 10.3 Å². The summed E-state index contributed by atoms with van der Waals surface area (Å²) in [4.78, 5) is 0. The minimum atomic E-state index is 0. The summed E-state index contributed by atoms with van der Waals surface area (Å²) in [5, 5.41) is 19.9. The van der Waals surface area contributed by atoms with Gasteiger partial charge in [0.25, 0.3) is 0 Å². The number of phenolic OH excluding ortho intramolecular Hbond substituents is 1. The van der Waals surface area contributed by atoms with E-state index in [-0.39, 0.29) is 13.2 Å². The van der Waals surface area contributed by atoms with Crippen LogP contribution in [0.2, 0.25) is 0 Å². The summed E-state index contributed by atoms with van der Waals surface area (Å²) in [6.45, 7) is 0. The molecule has 0 aromatic heterocycles. The molecule has 0 aliphatic carbocycles. The summed E-state index contributed by atoms with van der Waals surface area (Å²) in [7, 11) is 0. The van der Waals surface area contributed by atoms with E-state index >= 15 is 0 Å². The van der Waals surface area contributed by atoms with E-state index in [4.69, 9.17) is 10.3 Å². The summed E-state index contributed by atoms with van der Waals surface area (Å²) in [5.74, 6) is 0.111. The zero-order valence-electron chi connectivity index (χ0n) is 5.23. The minimum Gasteiger partial charge on any atom is -0.507 e. The van der Waals surface area contributed by atoms with Crippen LogP contribution in [0.25, 0.3) is 0 Å². The number of oxime groups is 1. The fourth-order valence-electron chi connectivity index (χ4n) is 0.659. The van der Waals surface area contributed by atoms with Gasteiger partial charge in [0, 0.05) is 5.56 Å². The second kappa shape index (κ2) is 4.33. The summed E-state index contributed by atoms with van der Waals surface area (Å²) in [6, 6.07) is 6.62. The molecule has 11 heavy (non-hydrogen) atoms. The van der Waals surface area contributed by atoms with Gasteiger partial charge in [-0.3, -0.25) is 0 Å². The summed E-state index contributed by atoms with van der Waals surface area (Å²) in [5.41, 5.74) is 0.505. The van der Waals surface area contributed by atoms with E-state index in [0.717, 1.165) is 0 Å². The molecule has 3 heteroatoms. The first kappa shape index (κ1) is 9.49. The molecule has 0 amide bonds. The molecule has 0 heterocycles. The SMILES string of the molecule is C.O/N=C/c1ccccc1O. The van der Waals surface area contributed by atoms with E-state index in [1.54, 1.807) is 18.2 Å². The first-order valence-electron chi connectivity index (χ1n) is 2.80. The van der Waals surface area contributed by atoms with Crippen molar-refractivity contribution in [3.63, 3.8) is 0 Å². The normalized spacial score (nSPS) is 9.45. The predicted octanol–water partition coefficient (Wildman–Crippen LogP) is 1.84. The third-order valence-electron chi connectivity index (χ3n) is 1.13. The fourth-order valence-corrected chi connectivity index (χ4v) is 0.659. The van der Waals surface area contributed by atoms with E-state index in [1.807, 2.05) is 0 Å². The van der Waals surface area contributed by atoms with Gasteiger partial charge in [0.15, 0.2) is 0 Å². The Morgan fingerprint density at radius 2 is 1.91 bits per heavy atom. The van der Waals surface area contributed by atoms with Gasteiger partial charge in [-0.05, 0) is 12.1 Å².